The van der Waals surface area contributed by atoms with Gasteiger partial charge in [0.1, 0.15) is 12.3 Å². The molecule has 2 rings (SSSR count). The molecule has 2 aromatic rings. The van der Waals surface area contributed by atoms with E-state index in [0.717, 1.165) is 4.47 Å². The van der Waals surface area contributed by atoms with Gasteiger partial charge in [0.25, 0.3) is 0 Å². The van der Waals surface area contributed by atoms with Crippen molar-refractivity contribution in [1.29, 1.82) is 0 Å². The van der Waals surface area contributed by atoms with Crippen molar-refractivity contribution in [2.75, 3.05) is 7.11 Å². The Bertz CT molecular complexity index is 584. The fourth-order valence-corrected chi connectivity index (χ4v) is 1.99. The van der Waals surface area contributed by atoms with Gasteiger partial charge >= 0.3 is 5.97 Å². The summed E-state index contributed by atoms with van der Waals surface area (Å²) < 4.78 is 7.07. The van der Waals surface area contributed by atoms with Gasteiger partial charge in [0.15, 0.2) is 5.82 Å². The first-order chi connectivity index (χ1) is 8.61. The summed E-state index contributed by atoms with van der Waals surface area (Å²) in [6.45, 7) is -0.286. The monoisotopic (exact) mass is 312 g/mol. The summed E-state index contributed by atoms with van der Waals surface area (Å²) >= 11 is 3.35. The van der Waals surface area contributed by atoms with Crippen LogP contribution in [0.1, 0.15) is 0 Å². The standard InChI is InChI=1S/C10H9BrN4O3/c1-18-8-3-2-6(4-7(8)11)10-12-13-14-15(10)5-9(16)17/h2-4H,5H2,1H3,(H,16,17). The van der Waals surface area contributed by atoms with E-state index in [9.17, 15) is 4.79 Å². The number of rotatable bonds is 4. The molecule has 7 nitrogen and oxygen atoms in total. The molecule has 0 bridgehead atoms. The Morgan fingerprint density at radius 1 is 1.56 bits per heavy atom. The van der Waals surface area contributed by atoms with Crippen LogP contribution in [-0.2, 0) is 11.3 Å². The molecule has 0 aliphatic heterocycles. The van der Waals surface area contributed by atoms with Crippen molar-refractivity contribution in [2.45, 2.75) is 6.54 Å². The largest absolute Gasteiger partial charge is 0.496 e. The molecule has 0 atom stereocenters. The quantitative estimate of drug-likeness (QED) is 0.912. The first-order valence-corrected chi connectivity index (χ1v) is 5.73. The SMILES string of the molecule is COc1ccc(-c2nnnn2CC(=O)O)cc1Br. The second kappa shape index (κ2) is 5.13. The molecule has 1 heterocycles. The Kier molecular flexibility index (Phi) is 3.56. The van der Waals surface area contributed by atoms with Crippen LogP contribution >= 0.6 is 15.9 Å². The molecular formula is C10H9BrN4O3. The van der Waals surface area contributed by atoms with Gasteiger partial charge in [-0.15, -0.1) is 5.10 Å². The molecule has 1 aromatic carbocycles. The number of aromatic nitrogens is 4. The van der Waals surface area contributed by atoms with E-state index < -0.39 is 5.97 Å². The third-order valence-electron chi connectivity index (χ3n) is 2.23. The molecule has 0 aliphatic rings. The average molecular weight is 313 g/mol. The van der Waals surface area contributed by atoms with Crippen LogP contribution < -0.4 is 4.74 Å². The minimum atomic E-state index is -1.00. The highest BCUT2D eigenvalue weighted by Crippen LogP contribution is 2.29. The van der Waals surface area contributed by atoms with Crippen LogP contribution in [-0.4, -0.2) is 38.4 Å². The van der Waals surface area contributed by atoms with Crippen LogP contribution in [0.3, 0.4) is 0 Å². The molecule has 0 spiro atoms. The minimum absolute atomic E-state index is 0.286. The van der Waals surface area contributed by atoms with E-state index in [-0.39, 0.29) is 6.54 Å². The van der Waals surface area contributed by atoms with E-state index in [1.807, 2.05) is 0 Å². The summed E-state index contributed by atoms with van der Waals surface area (Å²) in [4.78, 5) is 10.7. The smallest absolute Gasteiger partial charge is 0.325 e. The molecule has 0 unspecified atom stereocenters. The van der Waals surface area contributed by atoms with E-state index in [2.05, 4.69) is 31.5 Å². The predicted octanol–water partition coefficient (Wildman–Crippen LogP) is 1.20. The van der Waals surface area contributed by atoms with E-state index in [1.165, 1.54) is 4.68 Å². The number of aliphatic carboxylic acids is 1. The van der Waals surface area contributed by atoms with Gasteiger partial charge < -0.3 is 9.84 Å². The summed E-state index contributed by atoms with van der Waals surface area (Å²) in [5, 5.41) is 19.7. The van der Waals surface area contributed by atoms with Crippen molar-refractivity contribution in [1.82, 2.24) is 20.2 Å². The summed E-state index contributed by atoms with van der Waals surface area (Å²) in [5.74, 6) is 0.0629. The third-order valence-corrected chi connectivity index (χ3v) is 2.85. The maximum absolute atomic E-state index is 10.7. The molecule has 0 saturated heterocycles. The van der Waals surface area contributed by atoms with Crippen LogP contribution in [0, 0.1) is 0 Å². The van der Waals surface area contributed by atoms with Crippen LogP contribution in [0.2, 0.25) is 0 Å². The highest BCUT2D eigenvalue weighted by molar-refractivity contribution is 9.10. The summed E-state index contributed by atoms with van der Waals surface area (Å²) in [5.41, 5.74) is 0.703. The molecule has 0 saturated carbocycles. The van der Waals surface area contributed by atoms with E-state index in [0.29, 0.717) is 17.1 Å². The average Bonchev–Trinajstić information content (AvgIpc) is 2.76. The number of carboxylic acid groups (broad SMARTS) is 1. The normalized spacial score (nSPS) is 10.3. The molecule has 0 amide bonds. The van der Waals surface area contributed by atoms with Crippen molar-refractivity contribution < 1.29 is 14.6 Å². The molecule has 18 heavy (non-hydrogen) atoms. The minimum Gasteiger partial charge on any atom is -0.496 e. The van der Waals surface area contributed by atoms with Crippen LogP contribution in [0.25, 0.3) is 11.4 Å². The predicted molar refractivity (Wildman–Crippen MR) is 65.1 cm³/mol. The highest BCUT2D eigenvalue weighted by Gasteiger charge is 2.13. The van der Waals surface area contributed by atoms with Crippen molar-refractivity contribution in [3.05, 3.63) is 22.7 Å². The fourth-order valence-electron chi connectivity index (χ4n) is 1.45. The number of methoxy groups -OCH3 is 1. The second-order valence-electron chi connectivity index (χ2n) is 3.40. The van der Waals surface area contributed by atoms with Gasteiger partial charge in [-0.25, -0.2) is 4.68 Å². The molecule has 0 aliphatic carbocycles. The van der Waals surface area contributed by atoms with Gasteiger partial charge in [-0.3, -0.25) is 4.79 Å². The highest BCUT2D eigenvalue weighted by atomic mass is 79.9. The number of hydrogen-bond acceptors (Lipinski definition) is 5. The summed E-state index contributed by atoms with van der Waals surface area (Å²) in [7, 11) is 1.56. The van der Waals surface area contributed by atoms with E-state index in [1.54, 1.807) is 25.3 Å². The fraction of sp³-hybridized carbons (Fsp3) is 0.200. The third kappa shape index (κ3) is 2.48. The molecular weight excluding hydrogens is 304 g/mol. The first-order valence-electron chi connectivity index (χ1n) is 4.93. The van der Waals surface area contributed by atoms with Gasteiger partial charge in [0.2, 0.25) is 0 Å². The van der Waals surface area contributed by atoms with Crippen molar-refractivity contribution in [3.8, 4) is 17.1 Å². The zero-order valence-electron chi connectivity index (χ0n) is 9.37. The number of nitrogens with zero attached hydrogens (tertiary/aromatic N) is 4. The first kappa shape index (κ1) is 12.5. The zero-order valence-corrected chi connectivity index (χ0v) is 11.0. The van der Waals surface area contributed by atoms with E-state index in [4.69, 9.17) is 9.84 Å². The number of ether oxygens (including phenoxy) is 1. The summed E-state index contributed by atoms with van der Waals surface area (Å²) in [6, 6.07) is 5.27. The molecule has 0 radical (unpaired) electrons. The molecule has 1 aromatic heterocycles. The van der Waals surface area contributed by atoms with Gasteiger partial charge in [-0.2, -0.15) is 0 Å². The van der Waals surface area contributed by atoms with Crippen LogP contribution in [0.15, 0.2) is 22.7 Å². The van der Waals surface area contributed by atoms with Crippen molar-refractivity contribution in [3.63, 3.8) is 0 Å². The van der Waals surface area contributed by atoms with Gasteiger partial charge in [-0.1, -0.05) is 0 Å². The van der Waals surface area contributed by atoms with Crippen LogP contribution in [0.4, 0.5) is 0 Å². The number of carbonyl (C=O) groups is 1. The Morgan fingerprint density at radius 3 is 2.94 bits per heavy atom. The Hall–Kier alpha value is -1.96. The molecule has 1 N–H and O–H groups in total. The lowest BCUT2D eigenvalue weighted by molar-refractivity contribution is -0.137. The topological polar surface area (TPSA) is 90.1 Å². The second-order valence-corrected chi connectivity index (χ2v) is 4.26. The molecule has 94 valence electrons. The zero-order chi connectivity index (χ0) is 13.1. The maximum atomic E-state index is 10.7. The van der Waals surface area contributed by atoms with E-state index >= 15 is 0 Å². The lowest BCUT2D eigenvalue weighted by Gasteiger charge is -2.05. The number of tetrazole rings is 1. The maximum Gasteiger partial charge on any atom is 0.325 e. The van der Waals surface area contributed by atoms with Crippen molar-refractivity contribution >= 4 is 21.9 Å². The Labute approximate surface area is 111 Å². The number of halogens is 1. The number of carboxylic acids is 1. The Morgan fingerprint density at radius 2 is 2.33 bits per heavy atom. The van der Waals surface area contributed by atoms with Gasteiger partial charge in [0, 0.05) is 5.56 Å². The van der Waals surface area contributed by atoms with Gasteiger partial charge in [0.05, 0.1) is 11.6 Å². The van der Waals surface area contributed by atoms with Crippen molar-refractivity contribution in [2.24, 2.45) is 0 Å². The van der Waals surface area contributed by atoms with Crippen LogP contribution in [0.5, 0.6) is 5.75 Å². The number of hydrogen-bond donors (Lipinski definition) is 1. The summed E-state index contributed by atoms with van der Waals surface area (Å²) in [6.07, 6.45) is 0. The number of benzene rings is 1. The molecule has 0 fully saturated rings. The Balaban J connectivity index is 2.40. The molecule has 8 heteroatoms. The lowest BCUT2D eigenvalue weighted by atomic mass is 10.2. The van der Waals surface area contributed by atoms with Gasteiger partial charge in [-0.05, 0) is 44.6 Å². The lowest BCUT2D eigenvalue weighted by Crippen LogP contribution is -2.11.